The Morgan fingerprint density at radius 1 is 0.795 bits per heavy atom. The molecular weight excluding hydrogens is 556 g/mol. The number of hydrogen-bond donors (Lipinski definition) is 1. The lowest BCUT2D eigenvalue weighted by molar-refractivity contribution is -0.157. The molecule has 5 rings (SSSR count). The van der Waals surface area contributed by atoms with Crippen molar-refractivity contribution in [2.75, 3.05) is 6.61 Å². The molecule has 0 bridgehead atoms. The number of rotatable bonds is 6. The van der Waals surface area contributed by atoms with Gasteiger partial charge >= 0.3 is 18.2 Å². The first-order valence-electron chi connectivity index (χ1n) is 14.9. The van der Waals surface area contributed by atoms with Gasteiger partial charge in [-0.2, -0.15) is 0 Å². The van der Waals surface area contributed by atoms with Gasteiger partial charge in [-0.05, 0) is 82.3 Å². The van der Waals surface area contributed by atoms with Gasteiger partial charge in [0, 0.05) is 23.4 Å². The standard InChI is InChI=1S/C36H40N2O6/c1-22-28(27-18-12-13-19-31(27)38(22)34(41)44-36(5,6)7)20-30(32(39)43-35(2,3)4)37-33(40)42-21-29-25-16-10-8-14-23(25)24-15-9-11-17-26(24)29/h8-19,29-30H,20-21H2,1-7H3,(H,37,40)/t30-/m0/s1. The van der Waals surface area contributed by atoms with Gasteiger partial charge in [0.1, 0.15) is 23.9 Å². The van der Waals surface area contributed by atoms with Gasteiger partial charge < -0.3 is 19.5 Å². The second kappa shape index (κ2) is 11.8. The number of benzene rings is 3. The van der Waals surface area contributed by atoms with Crippen LogP contribution >= 0.6 is 0 Å². The van der Waals surface area contributed by atoms with Crippen LogP contribution in [0, 0.1) is 6.92 Å². The minimum atomic E-state index is -1.07. The molecule has 1 amide bonds. The molecular formula is C36H40N2O6. The van der Waals surface area contributed by atoms with Gasteiger partial charge in [0.2, 0.25) is 0 Å². The highest BCUT2D eigenvalue weighted by atomic mass is 16.6. The van der Waals surface area contributed by atoms with Crippen molar-refractivity contribution in [1.29, 1.82) is 0 Å². The molecule has 0 unspecified atom stereocenters. The van der Waals surface area contributed by atoms with Crippen molar-refractivity contribution in [2.45, 2.75) is 78.0 Å². The van der Waals surface area contributed by atoms with Crippen LogP contribution in [-0.2, 0) is 25.4 Å². The molecule has 0 spiro atoms. The number of alkyl carbamates (subject to hydrolysis) is 1. The molecule has 0 saturated carbocycles. The van der Waals surface area contributed by atoms with Crippen molar-refractivity contribution in [3.63, 3.8) is 0 Å². The first-order valence-corrected chi connectivity index (χ1v) is 14.9. The van der Waals surface area contributed by atoms with Crippen LogP contribution in [0.1, 0.15) is 69.8 Å². The fraction of sp³-hybridized carbons (Fsp3) is 0.361. The zero-order valence-corrected chi connectivity index (χ0v) is 26.4. The summed E-state index contributed by atoms with van der Waals surface area (Å²) in [5.74, 6) is -0.721. The van der Waals surface area contributed by atoms with Crippen molar-refractivity contribution >= 4 is 29.1 Å². The molecule has 1 atom stereocenters. The minimum Gasteiger partial charge on any atom is -0.458 e. The number of nitrogens with one attached hydrogen (secondary N) is 1. The topological polar surface area (TPSA) is 95.9 Å². The van der Waals surface area contributed by atoms with E-state index < -0.39 is 35.4 Å². The monoisotopic (exact) mass is 596 g/mol. The van der Waals surface area contributed by atoms with Crippen molar-refractivity contribution in [1.82, 2.24) is 9.88 Å². The normalized spacial score (nSPS) is 13.6. The van der Waals surface area contributed by atoms with E-state index in [9.17, 15) is 14.4 Å². The molecule has 0 radical (unpaired) electrons. The van der Waals surface area contributed by atoms with Gasteiger partial charge in [-0.3, -0.25) is 0 Å². The molecule has 8 nitrogen and oxygen atoms in total. The third-order valence-electron chi connectivity index (χ3n) is 7.55. The van der Waals surface area contributed by atoms with E-state index in [1.165, 1.54) is 4.57 Å². The molecule has 0 saturated heterocycles. The number of nitrogens with zero attached hydrogens (tertiary/aromatic N) is 1. The number of para-hydroxylation sites is 1. The van der Waals surface area contributed by atoms with E-state index in [4.69, 9.17) is 14.2 Å². The van der Waals surface area contributed by atoms with Crippen molar-refractivity contribution < 1.29 is 28.6 Å². The van der Waals surface area contributed by atoms with Crippen LogP contribution in [-0.4, -0.2) is 46.6 Å². The van der Waals surface area contributed by atoms with E-state index in [1.54, 1.807) is 27.7 Å². The lowest BCUT2D eigenvalue weighted by Gasteiger charge is -2.25. The lowest BCUT2D eigenvalue weighted by atomic mass is 9.98. The van der Waals surface area contributed by atoms with Crippen LogP contribution in [0.25, 0.3) is 22.0 Å². The Labute approximate surface area is 258 Å². The van der Waals surface area contributed by atoms with Crippen LogP contribution in [0.3, 0.4) is 0 Å². The quantitative estimate of drug-likeness (QED) is 0.183. The van der Waals surface area contributed by atoms with E-state index in [1.807, 2.05) is 81.4 Å². The highest BCUT2D eigenvalue weighted by Gasteiger charge is 2.33. The highest BCUT2D eigenvalue weighted by molar-refractivity contribution is 5.94. The fourth-order valence-electron chi connectivity index (χ4n) is 5.79. The molecule has 3 aromatic carbocycles. The number of esters is 1. The predicted octanol–water partition coefficient (Wildman–Crippen LogP) is 7.52. The predicted molar refractivity (Wildman–Crippen MR) is 170 cm³/mol. The summed E-state index contributed by atoms with van der Waals surface area (Å²) in [6, 6.07) is 22.6. The maximum atomic E-state index is 13.5. The van der Waals surface area contributed by atoms with Crippen LogP contribution in [0.15, 0.2) is 72.8 Å². The Kier molecular flexibility index (Phi) is 8.30. The lowest BCUT2D eigenvalue weighted by Crippen LogP contribution is -2.46. The third kappa shape index (κ3) is 6.49. The number of carbonyl (C=O) groups excluding carboxylic acids is 3. The van der Waals surface area contributed by atoms with Gasteiger partial charge in [0.05, 0.1) is 5.52 Å². The summed E-state index contributed by atoms with van der Waals surface area (Å²) in [5, 5.41) is 3.54. The van der Waals surface area contributed by atoms with Crippen LogP contribution in [0.5, 0.6) is 0 Å². The van der Waals surface area contributed by atoms with Gasteiger partial charge in [-0.25, -0.2) is 19.0 Å². The summed E-state index contributed by atoms with van der Waals surface area (Å²) in [6.45, 7) is 12.7. The Balaban J connectivity index is 1.41. The van der Waals surface area contributed by atoms with Crippen molar-refractivity contribution in [2.24, 2.45) is 0 Å². The fourth-order valence-corrected chi connectivity index (χ4v) is 5.79. The van der Waals surface area contributed by atoms with Crippen molar-refractivity contribution in [3.05, 3.63) is 95.2 Å². The molecule has 0 fully saturated rings. The maximum absolute atomic E-state index is 13.5. The van der Waals surface area contributed by atoms with E-state index in [0.29, 0.717) is 11.2 Å². The van der Waals surface area contributed by atoms with Crippen LogP contribution in [0.4, 0.5) is 9.59 Å². The first-order chi connectivity index (χ1) is 20.7. The zero-order valence-electron chi connectivity index (χ0n) is 26.4. The average molecular weight is 597 g/mol. The van der Waals surface area contributed by atoms with E-state index in [0.717, 1.165) is 33.2 Å². The summed E-state index contributed by atoms with van der Waals surface area (Å²) >= 11 is 0. The smallest absolute Gasteiger partial charge is 0.419 e. The average Bonchev–Trinajstić information content (AvgIpc) is 3.41. The molecule has 4 aromatic rings. The first kappa shape index (κ1) is 30.9. The molecule has 1 aromatic heterocycles. The molecule has 1 aliphatic rings. The number of fused-ring (bicyclic) bond motifs is 4. The molecule has 8 heteroatoms. The van der Waals surface area contributed by atoms with Gasteiger partial charge in [-0.1, -0.05) is 66.7 Å². The summed E-state index contributed by atoms with van der Waals surface area (Å²) in [6.07, 6.45) is -1.16. The molecule has 1 N–H and O–H groups in total. The van der Waals surface area contributed by atoms with Crippen LogP contribution in [0.2, 0.25) is 0 Å². The molecule has 1 heterocycles. The van der Waals surface area contributed by atoms with E-state index >= 15 is 0 Å². The Bertz CT molecular complexity index is 1680. The molecule has 1 aliphatic carbocycles. The second-order valence-corrected chi connectivity index (χ2v) is 13.2. The van der Waals surface area contributed by atoms with Crippen LogP contribution < -0.4 is 5.32 Å². The number of amides is 1. The van der Waals surface area contributed by atoms with Gasteiger partial charge in [0.15, 0.2) is 0 Å². The van der Waals surface area contributed by atoms with Gasteiger partial charge in [-0.15, -0.1) is 0 Å². The van der Waals surface area contributed by atoms with E-state index in [-0.39, 0.29) is 18.9 Å². The van der Waals surface area contributed by atoms with E-state index in [2.05, 4.69) is 17.4 Å². The molecule has 0 aliphatic heterocycles. The largest absolute Gasteiger partial charge is 0.458 e. The minimum absolute atomic E-state index is 0.0846. The Morgan fingerprint density at radius 3 is 1.93 bits per heavy atom. The number of hydrogen-bond acceptors (Lipinski definition) is 6. The summed E-state index contributed by atoms with van der Waals surface area (Å²) in [5.41, 5.74) is 4.95. The third-order valence-corrected chi connectivity index (χ3v) is 7.55. The maximum Gasteiger partial charge on any atom is 0.419 e. The number of ether oxygens (including phenoxy) is 3. The Morgan fingerprint density at radius 2 is 1.34 bits per heavy atom. The SMILES string of the molecule is Cc1c(C[C@H](NC(=O)OCC2c3ccccc3-c3ccccc32)C(=O)OC(C)(C)C)c2ccccc2n1C(=O)OC(C)(C)C. The molecule has 44 heavy (non-hydrogen) atoms. The summed E-state index contributed by atoms with van der Waals surface area (Å²) in [7, 11) is 0. The highest BCUT2D eigenvalue weighted by Crippen LogP contribution is 2.44. The summed E-state index contributed by atoms with van der Waals surface area (Å²) in [4.78, 5) is 40.0. The number of aromatic nitrogens is 1. The molecule has 230 valence electrons. The Hall–Kier alpha value is -4.59. The van der Waals surface area contributed by atoms with Gasteiger partial charge in [0.25, 0.3) is 0 Å². The second-order valence-electron chi connectivity index (χ2n) is 13.2. The zero-order chi connectivity index (χ0) is 31.8. The van der Waals surface area contributed by atoms with Crippen molar-refractivity contribution in [3.8, 4) is 11.1 Å². The number of carbonyl (C=O) groups is 3. The summed E-state index contributed by atoms with van der Waals surface area (Å²) < 4.78 is 18.7.